The lowest BCUT2D eigenvalue weighted by Crippen LogP contribution is -2.45. The summed E-state index contributed by atoms with van der Waals surface area (Å²) in [6.45, 7) is 8.94. The van der Waals surface area contributed by atoms with Crippen LogP contribution in [0.15, 0.2) is 5.51 Å². The van der Waals surface area contributed by atoms with E-state index in [0.717, 1.165) is 18.7 Å². The molecule has 0 fully saturated rings. The fourth-order valence-corrected chi connectivity index (χ4v) is 2.39. The van der Waals surface area contributed by atoms with Gasteiger partial charge in [0.25, 0.3) is 0 Å². The predicted molar refractivity (Wildman–Crippen MR) is 69.5 cm³/mol. The molecule has 17 heavy (non-hydrogen) atoms. The second kappa shape index (κ2) is 5.60. The van der Waals surface area contributed by atoms with Crippen molar-refractivity contribution in [3.05, 3.63) is 16.1 Å². The van der Waals surface area contributed by atoms with E-state index in [2.05, 4.69) is 4.98 Å². The Balaban J connectivity index is 2.61. The van der Waals surface area contributed by atoms with Gasteiger partial charge in [0.2, 0.25) is 0 Å². The number of carboxylic acid groups (broad SMARTS) is 1. The van der Waals surface area contributed by atoms with Gasteiger partial charge in [0.05, 0.1) is 17.7 Å². The number of aromatic nitrogens is 1. The second-order valence-electron chi connectivity index (χ2n) is 5.10. The third-order valence-electron chi connectivity index (χ3n) is 2.73. The van der Waals surface area contributed by atoms with Gasteiger partial charge in [0.15, 0.2) is 0 Å². The topological polar surface area (TPSA) is 53.4 Å². The van der Waals surface area contributed by atoms with Crippen molar-refractivity contribution in [1.29, 1.82) is 0 Å². The van der Waals surface area contributed by atoms with Gasteiger partial charge in [-0.05, 0) is 34.1 Å². The van der Waals surface area contributed by atoms with E-state index in [-0.39, 0.29) is 12.1 Å². The molecular weight excluding hydrogens is 236 g/mol. The Morgan fingerprint density at radius 3 is 2.59 bits per heavy atom. The smallest absolute Gasteiger partial charge is 0.317 e. The number of aliphatic carboxylic acids is 1. The molecule has 0 aliphatic carbocycles. The van der Waals surface area contributed by atoms with Gasteiger partial charge in [-0.2, -0.15) is 0 Å². The Bertz CT molecular complexity index is 382. The molecule has 1 N–H and O–H groups in total. The van der Waals surface area contributed by atoms with Crippen LogP contribution in [0, 0.1) is 6.92 Å². The van der Waals surface area contributed by atoms with Crippen LogP contribution in [0.2, 0.25) is 0 Å². The van der Waals surface area contributed by atoms with E-state index in [1.165, 1.54) is 4.88 Å². The minimum absolute atomic E-state index is 0.0847. The van der Waals surface area contributed by atoms with Crippen molar-refractivity contribution in [3.63, 3.8) is 0 Å². The fourth-order valence-electron chi connectivity index (χ4n) is 1.62. The summed E-state index contributed by atoms with van der Waals surface area (Å²) in [6.07, 6.45) is 0.862. The lowest BCUT2D eigenvalue weighted by atomic mass is 10.1. The van der Waals surface area contributed by atoms with Gasteiger partial charge < -0.3 is 5.11 Å². The average molecular weight is 256 g/mol. The standard InChI is InChI=1S/C12H20N2O2S/c1-9-10(17-8-13-9)5-6-14(7-11(15)16)12(2,3)4/h8H,5-7H2,1-4H3,(H,15,16). The molecule has 0 bridgehead atoms. The van der Waals surface area contributed by atoms with Crippen molar-refractivity contribution >= 4 is 17.3 Å². The molecule has 0 radical (unpaired) electrons. The van der Waals surface area contributed by atoms with Crippen LogP contribution in [0.4, 0.5) is 0 Å². The highest BCUT2D eigenvalue weighted by molar-refractivity contribution is 7.09. The summed E-state index contributed by atoms with van der Waals surface area (Å²) in [4.78, 5) is 18.3. The lowest BCUT2D eigenvalue weighted by Gasteiger charge is -2.34. The number of carboxylic acids is 1. The van der Waals surface area contributed by atoms with Crippen LogP contribution in [0.25, 0.3) is 0 Å². The quantitative estimate of drug-likeness (QED) is 0.877. The molecule has 5 heteroatoms. The van der Waals surface area contributed by atoms with Crippen molar-refractivity contribution < 1.29 is 9.90 Å². The Kier molecular flexibility index (Phi) is 4.65. The number of rotatable bonds is 5. The summed E-state index contributed by atoms with van der Waals surface area (Å²) < 4.78 is 0. The van der Waals surface area contributed by atoms with E-state index in [0.29, 0.717) is 0 Å². The van der Waals surface area contributed by atoms with Crippen molar-refractivity contribution in [3.8, 4) is 0 Å². The third kappa shape index (κ3) is 4.44. The minimum atomic E-state index is -0.777. The maximum atomic E-state index is 10.8. The summed E-state index contributed by atoms with van der Waals surface area (Å²) in [7, 11) is 0. The fraction of sp³-hybridized carbons (Fsp3) is 0.667. The summed E-state index contributed by atoms with van der Waals surface area (Å²) in [5, 5.41) is 8.91. The molecular formula is C12H20N2O2S. The van der Waals surface area contributed by atoms with Gasteiger partial charge in [0.1, 0.15) is 0 Å². The molecule has 0 aliphatic heterocycles. The van der Waals surface area contributed by atoms with Crippen LogP contribution in [-0.2, 0) is 11.2 Å². The molecule has 0 amide bonds. The largest absolute Gasteiger partial charge is 0.480 e. The van der Waals surface area contributed by atoms with Crippen molar-refractivity contribution in [2.24, 2.45) is 0 Å². The molecule has 1 aromatic rings. The zero-order valence-electron chi connectivity index (χ0n) is 10.9. The van der Waals surface area contributed by atoms with Crippen molar-refractivity contribution in [1.82, 2.24) is 9.88 Å². The van der Waals surface area contributed by atoms with Crippen molar-refractivity contribution in [2.75, 3.05) is 13.1 Å². The number of nitrogens with zero attached hydrogens (tertiary/aromatic N) is 2. The summed E-state index contributed by atoms with van der Waals surface area (Å²) in [6, 6.07) is 0. The maximum absolute atomic E-state index is 10.8. The lowest BCUT2D eigenvalue weighted by molar-refractivity contribution is -0.139. The van der Waals surface area contributed by atoms with E-state index < -0.39 is 5.97 Å². The van der Waals surface area contributed by atoms with E-state index in [9.17, 15) is 4.79 Å². The molecule has 0 unspecified atom stereocenters. The molecule has 4 nitrogen and oxygen atoms in total. The second-order valence-corrected chi connectivity index (χ2v) is 6.04. The van der Waals surface area contributed by atoms with E-state index in [4.69, 9.17) is 5.11 Å². The normalized spacial score (nSPS) is 12.1. The molecule has 0 atom stereocenters. The van der Waals surface area contributed by atoms with Crippen LogP contribution in [0.1, 0.15) is 31.3 Å². The van der Waals surface area contributed by atoms with Crippen LogP contribution in [0.5, 0.6) is 0 Å². The minimum Gasteiger partial charge on any atom is -0.480 e. The van der Waals surface area contributed by atoms with Gasteiger partial charge in [-0.1, -0.05) is 0 Å². The zero-order valence-corrected chi connectivity index (χ0v) is 11.7. The first kappa shape index (κ1) is 14.1. The number of aryl methyl sites for hydroxylation is 1. The molecule has 0 aliphatic rings. The first-order chi connectivity index (χ1) is 7.80. The first-order valence-electron chi connectivity index (χ1n) is 5.66. The summed E-state index contributed by atoms with van der Waals surface area (Å²) in [5.74, 6) is -0.777. The molecule has 1 heterocycles. The number of hydrogen-bond acceptors (Lipinski definition) is 4. The molecule has 0 spiro atoms. The highest BCUT2D eigenvalue weighted by atomic mass is 32.1. The van der Waals surface area contributed by atoms with Crippen LogP contribution in [-0.4, -0.2) is 39.6 Å². The monoisotopic (exact) mass is 256 g/mol. The van der Waals surface area contributed by atoms with Gasteiger partial charge in [-0.15, -0.1) is 11.3 Å². The zero-order chi connectivity index (χ0) is 13.1. The Morgan fingerprint density at radius 1 is 1.53 bits per heavy atom. The van der Waals surface area contributed by atoms with Crippen LogP contribution < -0.4 is 0 Å². The van der Waals surface area contributed by atoms with Crippen LogP contribution >= 0.6 is 11.3 Å². The van der Waals surface area contributed by atoms with Gasteiger partial charge in [0, 0.05) is 17.0 Å². The molecule has 0 saturated carbocycles. The highest BCUT2D eigenvalue weighted by Gasteiger charge is 2.23. The Labute approximate surface area is 106 Å². The van der Waals surface area contributed by atoms with E-state index in [1.54, 1.807) is 11.3 Å². The third-order valence-corrected chi connectivity index (χ3v) is 3.72. The van der Waals surface area contributed by atoms with Gasteiger partial charge >= 0.3 is 5.97 Å². The molecule has 0 saturated heterocycles. The van der Waals surface area contributed by atoms with Gasteiger partial charge in [-0.3, -0.25) is 9.69 Å². The summed E-state index contributed by atoms with van der Waals surface area (Å²) >= 11 is 1.64. The van der Waals surface area contributed by atoms with E-state index >= 15 is 0 Å². The number of carbonyl (C=O) groups is 1. The SMILES string of the molecule is Cc1ncsc1CCN(CC(=O)O)C(C)(C)C. The maximum Gasteiger partial charge on any atom is 0.317 e. The Hall–Kier alpha value is -0.940. The molecule has 96 valence electrons. The first-order valence-corrected chi connectivity index (χ1v) is 6.54. The van der Waals surface area contributed by atoms with Crippen molar-refractivity contribution in [2.45, 2.75) is 39.7 Å². The van der Waals surface area contributed by atoms with Gasteiger partial charge in [-0.25, -0.2) is 4.98 Å². The predicted octanol–water partition coefficient (Wildman–Crippen LogP) is 2.18. The molecule has 1 rings (SSSR count). The number of thiazole rings is 1. The average Bonchev–Trinajstić information content (AvgIpc) is 2.56. The molecule has 1 aromatic heterocycles. The summed E-state index contributed by atoms with van der Waals surface area (Å²) in [5.41, 5.74) is 2.76. The molecule has 0 aromatic carbocycles. The Morgan fingerprint density at radius 2 is 2.18 bits per heavy atom. The number of hydrogen-bond donors (Lipinski definition) is 1. The van der Waals surface area contributed by atoms with E-state index in [1.807, 2.05) is 38.1 Å². The van der Waals surface area contributed by atoms with Crippen LogP contribution in [0.3, 0.4) is 0 Å². The highest BCUT2D eigenvalue weighted by Crippen LogP contribution is 2.17.